The minimum absolute atomic E-state index is 0.0604. The molecule has 1 fully saturated rings. The van der Waals surface area contributed by atoms with E-state index in [1.807, 2.05) is 30.3 Å². The van der Waals surface area contributed by atoms with Gasteiger partial charge >= 0.3 is 6.09 Å². The number of rotatable bonds is 7. The fourth-order valence-electron chi connectivity index (χ4n) is 3.36. The molecule has 1 aliphatic heterocycles. The highest BCUT2D eigenvalue weighted by Crippen LogP contribution is 2.21. The third-order valence-corrected chi connectivity index (χ3v) is 7.03. The second-order valence-corrected chi connectivity index (χ2v) is 9.54. The van der Waals surface area contributed by atoms with Gasteiger partial charge in [-0.2, -0.15) is 0 Å². The van der Waals surface area contributed by atoms with Gasteiger partial charge in [0.05, 0.1) is 5.75 Å². The molecule has 0 aliphatic carbocycles. The molecule has 2 aromatic carbocycles. The van der Waals surface area contributed by atoms with Crippen molar-refractivity contribution in [3.8, 4) is 0 Å². The highest BCUT2D eigenvalue weighted by atomic mass is 32.2. The van der Waals surface area contributed by atoms with Crippen molar-refractivity contribution < 1.29 is 26.7 Å². The fourth-order valence-corrected chi connectivity index (χ4v) is 4.83. The predicted octanol–water partition coefficient (Wildman–Crippen LogP) is 3.39. The number of benzene rings is 2. The lowest BCUT2D eigenvalue weighted by atomic mass is 10.2. The number of carbonyl (C=O) groups excluding carboxylic acids is 1. The first-order chi connectivity index (χ1) is 14.2. The monoisotopic (exact) mass is 438 g/mol. The number of hydrogen-bond acceptors (Lipinski definition) is 4. The molecule has 1 amide bonds. The smallest absolute Gasteiger partial charge is 0.410 e. The van der Waals surface area contributed by atoms with Gasteiger partial charge in [0.2, 0.25) is 10.0 Å². The Hall–Kier alpha value is -2.52. The van der Waals surface area contributed by atoms with Gasteiger partial charge in [0.15, 0.2) is 11.6 Å². The van der Waals surface area contributed by atoms with Gasteiger partial charge < -0.3 is 9.64 Å². The summed E-state index contributed by atoms with van der Waals surface area (Å²) in [6.45, 7) is 0.831. The topological polar surface area (TPSA) is 66.9 Å². The number of amides is 1. The molecule has 1 heterocycles. The van der Waals surface area contributed by atoms with Crippen LogP contribution in [0.25, 0.3) is 0 Å². The van der Waals surface area contributed by atoms with Gasteiger partial charge in [0, 0.05) is 26.7 Å². The Balaban J connectivity index is 1.50. The Morgan fingerprint density at radius 2 is 1.87 bits per heavy atom. The third kappa shape index (κ3) is 5.76. The molecule has 1 unspecified atom stereocenters. The summed E-state index contributed by atoms with van der Waals surface area (Å²) in [7, 11) is -2.23. The van der Waals surface area contributed by atoms with Gasteiger partial charge in [0.1, 0.15) is 6.61 Å². The molecule has 0 spiro atoms. The van der Waals surface area contributed by atoms with Gasteiger partial charge in [-0.05, 0) is 35.6 Å². The maximum atomic E-state index is 13.4. The van der Waals surface area contributed by atoms with Crippen LogP contribution in [0.15, 0.2) is 48.5 Å². The van der Waals surface area contributed by atoms with Gasteiger partial charge in [-0.15, -0.1) is 0 Å². The molecule has 3 rings (SSSR count). The van der Waals surface area contributed by atoms with Crippen LogP contribution in [0.2, 0.25) is 0 Å². The second-order valence-electron chi connectivity index (χ2n) is 7.42. The number of ether oxygens (including phenoxy) is 1. The summed E-state index contributed by atoms with van der Waals surface area (Å²) in [6, 6.07) is 12.6. The molecular formula is C21H24F2N2O4S. The molecule has 162 valence electrons. The minimum Gasteiger partial charge on any atom is -0.445 e. The molecule has 1 aliphatic rings. The fraction of sp³-hybridized carbons (Fsp3) is 0.381. The zero-order valence-electron chi connectivity index (χ0n) is 16.6. The van der Waals surface area contributed by atoms with Gasteiger partial charge in [-0.25, -0.2) is 26.3 Å². The third-order valence-electron chi connectivity index (χ3n) is 5.06. The summed E-state index contributed by atoms with van der Waals surface area (Å²) in [5.41, 5.74) is 1.24. The van der Waals surface area contributed by atoms with Crippen molar-refractivity contribution in [2.75, 3.05) is 25.9 Å². The normalized spacial score (nSPS) is 16.8. The molecule has 1 atom stereocenters. The van der Waals surface area contributed by atoms with E-state index >= 15 is 0 Å². The van der Waals surface area contributed by atoms with E-state index < -0.39 is 27.8 Å². The number of sulfonamides is 1. The summed E-state index contributed by atoms with van der Waals surface area (Å²) in [5.74, 6) is -2.34. The Bertz CT molecular complexity index is 986. The summed E-state index contributed by atoms with van der Waals surface area (Å²) >= 11 is 0. The van der Waals surface area contributed by atoms with Crippen LogP contribution in [0.3, 0.4) is 0 Å². The first-order valence-electron chi connectivity index (χ1n) is 9.58. The summed E-state index contributed by atoms with van der Waals surface area (Å²) in [6.07, 6.45) is 0.0903. The second kappa shape index (κ2) is 9.53. The molecule has 0 radical (unpaired) electrons. The Kier molecular flexibility index (Phi) is 7.04. The molecule has 6 nitrogen and oxygen atoms in total. The van der Waals surface area contributed by atoms with E-state index in [4.69, 9.17) is 4.74 Å². The Labute approximate surface area is 175 Å². The molecule has 9 heteroatoms. The first kappa shape index (κ1) is 22.2. The quantitative estimate of drug-likeness (QED) is 0.665. The van der Waals surface area contributed by atoms with E-state index in [0.29, 0.717) is 25.1 Å². The van der Waals surface area contributed by atoms with Crippen LogP contribution in [0.1, 0.15) is 17.5 Å². The van der Waals surface area contributed by atoms with Crippen LogP contribution in [-0.2, 0) is 27.9 Å². The standard InChI is InChI=1S/C21H24F2N2O4S/c1-24(12-17-7-8-19(22)20(23)11-17)30(27,28)15-18-9-10-25(13-18)21(26)29-14-16-5-3-2-4-6-16/h2-8,11,18H,9-10,12-15H2,1H3. The van der Waals surface area contributed by atoms with Crippen molar-refractivity contribution in [2.45, 2.75) is 19.6 Å². The SMILES string of the molecule is CN(Cc1ccc(F)c(F)c1)S(=O)(=O)CC1CCN(C(=O)OCc2ccccc2)C1. The van der Waals surface area contributed by atoms with Crippen molar-refractivity contribution in [3.05, 3.63) is 71.3 Å². The van der Waals surface area contributed by atoms with Crippen LogP contribution in [0, 0.1) is 17.6 Å². The lowest BCUT2D eigenvalue weighted by Crippen LogP contribution is -2.34. The van der Waals surface area contributed by atoms with Crippen LogP contribution in [-0.4, -0.2) is 49.6 Å². The zero-order chi connectivity index (χ0) is 21.7. The van der Waals surface area contributed by atoms with Gasteiger partial charge in [-0.3, -0.25) is 0 Å². The molecule has 0 saturated carbocycles. The summed E-state index contributed by atoms with van der Waals surface area (Å²) < 4.78 is 58.1. The van der Waals surface area contributed by atoms with Crippen molar-refractivity contribution in [1.82, 2.24) is 9.21 Å². The maximum Gasteiger partial charge on any atom is 0.410 e. The van der Waals surface area contributed by atoms with Crippen LogP contribution in [0.4, 0.5) is 13.6 Å². The number of carbonyl (C=O) groups is 1. The molecular weight excluding hydrogens is 414 g/mol. The van der Waals surface area contributed by atoms with Gasteiger partial charge in [0.25, 0.3) is 0 Å². The molecule has 30 heavy (non-hydrogen) atoms. The highest BCUT2D eigenvalue weighted by Gasteiger charge is 2.32. The van der Waals surface area contributed by atoms with E-state index in [2.05, 4.69) is 0 Å². The molecule has 0 bridgehead atoms. The van der Waals surface area contributed by atoms with Crippen molar-refractivity contribution in [1.29, 1.82) is 0 Å². The lowest BCUT2D eigenvalue weighted by molar-refractivity contribution is 0.103. The van der Waals surface area contributed by atoms with E-state index in [-0.39, 0.29) is 24.8 Å². The average Bonchev–Trinajstić information content (AvgIpc) is 3.17. The highest BCUT2D eigenvalue weighted by molar-refractivity contribution is 7.89. The zero-order valence-corrected chi connectivity index (χ0v) is 17.4. The predicted molar refractivity (Wildman–Crippen MR) is 108 cm³/mol. The Morgan fingerprint density at radius 3 is 2.57 bits per heavy atom. The molecule has 0 N–H and O–H groups in total. The maximum absolute atomic E-state index is 13.4. The minimum atomic E-state index is -3.63. The van der Waals surface area contributed by atoms with Crippen LogP contribution < -0.4 is 0 Å². The number of likely N-dealkylation sites (tertiary alicyclic amines) is 1. The average molecular weight is 438 g/mol. The molecule has 0 aromatic heterocycles. The number of hydrogen-bond donors (Lipinski definition) is 0. The van der Waals surface area contributed by atoms with Crippen LogP contribution >= 0.6 is 0 Å². The summed E-state index contributed by atoms with van der Waals surface area (Å²) in [4.78, 5) is 13.8. The molecule has 2 aromatic rings. The van der Waals surface area contributed by atoms with Crippen molar-refractivity contribution in [3.63, 3.8) is 0 Å². The van der Waals surface area contributed by atoms with E-state index in [9.17, 15) is 22.0 Å². The lowest BCUT2D eigenvalue weighted by Gasteiger charge is -2.20. The van der Waals surface area contributed by atoms with E-state index in [1.54, 1.807) is 0 Å². The van der Waals surface area contributed by atoms with E-state index in [1.165, 1.54) is 18.0 Å². The van der Waals surface area contributed by atoms with Crippen LogP contribution in [0.5, 0.6) is 0 Å². The summed E-state index contributed by atoms with van der Waals surface area (Å²) in [5, 5.41) is 0. The Morgan fingerprint density at radius 1 is 1.13 bits per heavy atom. The van der Waals surface area contributed by atoms with E-state index in [0.717, 1.165) is 22.0 Å². The van der Waals surface area contributed by atoms with Gasteiger partial charge in [-0.1, -0.05) is 36.4 Å². The van der Waals surface area contributed by atoms with Crippen molar-refractivity contribution in [2.24, 2.45) is 5.92 Å². The van der Waals surface area contributed by atoms with Crippen molar-refractivity contribution >= 4 is 16.1 Å². The first-order valence-corrected chi connectivity index (χ1v) is 11.2. The molecule has 1 saturated heterocycles. The largest absolute Gasteiger partial charge is 0.445 e. The number of nitrogens with zero attached hydrogens (tertiary/aromatic N) is 2. The number of halogens is 2.